The first-order valence-electron chi connectivity index (χ1n) is 2.84. The van der Waals surface area contributed by atoms with E-state index in [0.717, 1.165) is 0 Å². The largest absolute Gasteiger partial charge is 0.389 e. The van der Waals surface area contributed by atoms with Crippen LogP contribution >= 0.6 is 0 Å². The molecule has 0 saturated carbocycles. The second-order valence-electron chi connectivity index (χ2n) is 2.08. The summed E-state index contributed by atoms with van der Waals surface area (Å²) in [5, 5.41) is 0. The Balaban J connectivity index is 3.44. The lowest BCUT2D eigenvalue weighted by atomic mass is 10.2. The summed E-state index contributed by atoms with van der Waals surface area (Å²) in [6.07, 6.45) is -12.6. The molecular weight excluding hydrogens is 174 g/mol. The van der Waals surface area contributed by atoms with E-state index >= 15 is 0 Å². The first-order chi connectivity index (χ1) is 4.71. The lowest BCUT2D eigenvalue weighted by molar-refractivity contribution is -0.157. The minimum atomic E-state index is -4.48. The highest BCUT2D eigenvalue weighted by atomic mass is 19.4. The van der Waals surface area contributed by atoms with Crippen LogP contribution in [0.25, 0.3) is 0 Å². The van der Waals surface area contributed by atoms with Gasteiger partial charge in [-0.2, -0.15) is 26.3 Å². The van der Waals surface area contributed by atoms with Crippen molar-refractivity contribution in [1.82, 2.24) is 0 Å². The third-order valence-electron chi connectivity index (χ3n) is 0.921. The molecule has 0 aliphatic carbocycles. The van der Waals surface area contributed by atoms with Crippen LogP contribution in [-0.2, 0) is 0 Å². The van der Waals surface area contributed by atoms with Crippen LogP contribution in [0.1, 0.15) is 19.3 Å². The van der Waals surface area contributed by atoms with Crippen LogP contribution in [-0.4, -0.2) is 12.4 Å². The highest BCUT2D eigenvalue weighted by molar-refractivity contribution is 4.55. The molecule has 0 aromatic carbocycles. The van der Waals surface area contributed by atoms with E-state index in [9.17, 15) is 26.3 Å². The lowest BCUT2D eigenvalue weighted by Gasteiger charge is -2.07. The van der Waals surface area contributed by atoms with Gasteiger partial charge in [0, 0.05) is 12.8 Å². The monoisotopic (exact) mass is 180 g/mol. The zero-order valence-electron chi connectivity index (χ0n) is 5.39. The highest BCUT2D eigenvalue weighted by Gasteiger charge is 2.31. The Hall–Kier alpha value is -0.420. The van der Waals surface area contributed by atoms with Crippen LogP contribution < -0.4 is 0 Å². The summed E-state index contributed by atoms with van der Waals surface area (Å²) in [4.78, 5) is 0. The summed E-state index contributed by atoms with van der Waals surface area (Å²) in [6.45, 7) is 0. The molecule has 6 heteroatoms. The van der Waals surface area contributed by atoms with Crippen LogP contribution in [0.4, 0.5) is 26.3 Å². The van der Waals surface area contributed by atoms with Crippen molar-refractivity contribution in [3.05, 3.63) is 0 Å². The first-order valence-corrected chi connectivity index (χ1v) is 2.84. The molecule has 0 bridgehead atoms. The quantitative estimate of drug-likeness (QED) is 0.572. The van der Waals surface area contributed by atoms with Crippen molar-refractivity contribution in [3.8, 4) is 0 Å². The molecule has 0 aliphatic rings. The van der Waals surface area contributed by atoms with Crippen LogP contribution in [0, 0.1) is 0 Å². The minimum absolute atomic E-state index is 0.882. The average molecular weight is 180 g/mol. The number of hydrogen-bond acceptors (Lipinski definition) is 0. The molecule has 0 saturated heterocycles. The molecule has 0 spiro atoms. The lowest BCUT2D eigenvalue weighted by Crippen LogP contribution is -2.11. The van der Waals surface area contributed by atoms with Crippen molar-refractivity contribution >= 4 is 0 Å². The summed E-state index contributed by atoms with van der Waals surface area (Å²) in [5.74, 6) is 0. The molecular formula is C5H6F6. The van der Waals surface area contributed by atoms with Crippen molar-refractivity contribution in [2.24, 2.45) is 0 Å². The number of hydrogen-bond donors (Lipinski definition) is 0. The summed E-state index contributed by atoms with van der Waals surface area (Å²) >= 11 is 0. The second kappa shape index (κ2) is 3.32. The van der Waals surface area contributed by atoms with Crippen LogP contribution in [0.2, 0.25) is 0 Å². The molecule has 0 amide bonds. The van der Waals surface area contributed by atoms with Crippen molar-refractivity contribution in [2.75, 3.05) is 0 Å². The topological polar surface area (TPSA) is 0 Å². The van der Waals surface area contributed by atoms with E-state index in [1.165, 1.54) is 0 Å². The maximum atomic E-state index is 11.3. The molecule has 0 nitrogen and oxygen atoms in total. The second-order valence-corrected chi connectivity index (χ2v) is 2.08. The van der Waals surface area contributed by atoms with E-state index in [2.05, 4.69) is 0 Å². The fraction of sp³-hybridized carbons (Fsp3) is 1.00. The Bertz CT molecular complexity index is 95.1. The van der Waals surface area contributed by atoms with E-state index in [1.54, 1.807) is 0 Å². The molecule has 0 heterocycles. The summed E-state index contributed by atoms with van der Waals surface area (Å²) in [7, 11) is 0. The minimum Gasteiger partial charge on any atom is -0.171 e. The van der Waals surface area contributed by atoms with Gasteiger partial charge in [0.15, 0.2) is 0 Å². The third-order valence-corrected chi connectivity index (χ3v) is 0.921. The van der Waals surface area contributed by atoms with Gasteiger partial charge >= 0.3 is 12.4 Å². The van der Waals surface area contributed by atoms with Gasteiger partial charge in [0.05, 0.1) is 0 Å². The highest BCUT2D eigenvalue weighted by Crippen LogP contribution is 2.27. The van der Waals surface area contributed by atoms with Gasteiger partial charge in [-0.05, 0) is 6.42 Å². The molecule has 0 atom stereocenters. The average Bonchev–Trinajstić information content (AvgIpc) is 1.55. The summed E-state index contributed by atoms with van der Waals surface area (Å²) < 4.78 is 67.6. The molecule has 0 aromatic rings. The number of alkyl halides is 6. The van der Waals surface area contributed by atoms with Crippen LogP contribution in [0.15, 0.2) is 0 Å². The zero-order valence-corrected chi connectivity index (χ0v) is 5.39. The third kappa shape index (κ3) is 9.58. The van der Waals surface area contributed by atoms with Crippen molar-refractivity contribution in [3.63, 3.8) is 0 Å². The van der Waals surface area contributed by atoms with Crippen molar-refractivity contribution < 1.29 is 26.3 Å². The molecule has 0 unspecified atom stereocenters. The molecule has 0 aliphatic heterocycles. The van der Waals surface area contributed by atoms with Gasteiger partial charge in [0.2, 0.25) is 0 Å². The van der Waals surface area contributed by atoms with Crippen LogP contribution in [0.3, 0.4) is 0 Å². The summed E-state index contributed by atoms with van der Waals surface area (Å²) in [5.41, 5.74) is 0. The van der Waals surface area contributed by atoms with E-state index in [4.69, 9.17) is 0 Å². The van der Waals surface area contributed by atoms with Crippen LogP contribution in [0.5, 0.6) is 0 Å². The predicted octanol–water partition coefficient (Wildman–Crippen LogP) is 3.28. The Morgan fingerprint density at radius 3 is 1.09 bits per heavy atom. The van der Waals surface area contributed by atoms with E-state index in [-0.39, 0.29) is 0 Å². The van der Waals surface area contributed by atoms with E-state index < -0.39 is 31.6 Å². The number of rotatable bonds is 2. The van der Waals surface area contributed by atoms with Gasteiger partial charge in [-0.3, -0.25) is 0 Å². The molecule has 0 radical (unpaired) electrons. The predicted molar refractivity (Wildman–Crippen MR) is 26.0 cm³/mol. The smallest absolute Gasteiger partial charge is 0.171 e. The molecule has 68 valence electrons. The fourth-order valence-corrected chi connectivity index (χ4v) is 0.489. The Kier molecular flexibility index (Phi) is 3.19. The fourth-order valence-electron chi connectivity index (χ4n) is 0.489. The molecule has 0 rings (SSSR count). The maximum Gasteiger partial charge on any atom is 0.389 e. The Morgan fingerprint density at radius 2 is 0.909 bits per heavy atom. The van der Waals surface area contributed by atoms with E-state index in [0.29, 0.717) is 0 Å². The molecule has 11 heavy (non-hydrogen) atoms. The van der Waals surface area contributed by atoms with Crippen molar-refractivity contribution in [2.45, 2.75) is 31.6 Å². The molecule has 0 N–H and O–H groups in total. The van der Waals surface area contributed by atoms with Gasteiger partial charge in [-0.15, -0.1) is 0 Å². The Morgan fingerprint density at radius 1 is 0.636 bits per heavy atom. The SMILES string of the molecule is FC(F)(F)CCCC(F)(F)F. The normalized spacial score (nSPS) is 13.6. The standard InChI is InChI=1S/C5H6F6/c6-4(7,8)2-1-3-5(9,10)11/h1-3H2. The van der Waals surface area contributed by atoms with Gasteiger partial charge in [-0.25, -0.2) is 0 Å². The van der Waals surface area contributed by atoms with Gasteiger partial charge in [-0.1, -0.05) is 0 Å². The van der Waals surface area contributed by atoms with Gasteiger partial charge < -0.3 is 0 Å². The first kappa shape index (κ1) is 10.6. The van der Waals surface area contributed by atoms with Crippen molar-refractivity contribution in [1.29, 1.82) is 0 Å². The Labute approximate surface area is 59.2 Å². The summed E-state index contributed by atoms with van der Waals surface area (Å²) in [6, 6.07) is 0. The molecule has 0 aromatic heterocycles. The molecule has 0 fully saturated rings. The van der Waals surface area contributed by atoms with Gasteiger partial charge in [0.25, 0.3) is 0 Å². The number of halogens is 6. The van der Waals surface area contributed by atoms with Gasteiger partial charge in [0.1, 0.15) is 0 Å². The van der Waals surface area contributed by atoms with E-state index in [1.807, 2.05) is 0 Å². The maximum absolute atomic E-state index is 11.3. The zero-order chi connectivity index (χ0) is 9.12.